The highest BCUT2D eigenvalue weighted by atomic mass is 16.4. The summed E-state index contributed by atoms with van der Waals surface area (Å²) in [5.41, 5.74) is 1.55. The lowest BCUT2D eigenvalue weighted by atomic mass is 9.73. The van der Waals surface area contributed by atoms with Crippen molar-refractivity contribution in [3.63, 3.8) is 0 Å². The zero-order valence-corrected chi connectivity index (χ0v) is 14.5. The van der Waals surface area contributed by atoms with Crippen LogP contribution in [0, 0.1) is 5.41 Å². The number of β-amino-alcohol motifs (C(OH)–C–C–N with tert-alkyl or cyclic N) is 1. The predicted molar refractivity (Wildman–Crippen MR) is 93.2 cm³/mol. The maximum Gasteiger partial charge on any atom is 0.335 e. The Balaban J connectivity index is 1.64. The second kappa shape index (κ2) is 7.54. The van der Waals surface area contributed by atoms with E-state index in [0.29, 0.717) is 18.5 Å². The van der Waals surface area contributed by atoms with Crippen LogP contribution in [0.1, 0.15) is 41.6 Å². The highest BCUT2D eigenvalue weighted by Gasteiger charge is 2.41. The summed E-state index contributed by atoms with van der Waals surface area (Å²) in [6.45, 7) is 3.95. The SMILES string of the molecule is O=C(O)c1ccc(CN2CCC[C@]3(CCC(=O)N(CCO)C3)C2)cc1. The summed E-state index contributed by atoms with van der Waals surface area (Å²) in [5.74, 6) is -0.750. The van der Waals surface area contributed by atoms with Crippen LogP contribution in [0.5, 0.6) is 0 Å². The van der Waals surface area contributed by atoms with Gasteiger partial charge in [0.15, 0.2) is 0 Å². The molecular formula is C19H26N2O4. The van der Waals surface area contributed by atoms with Gasteiger partial charge < -0.3 is 15.1 Å². The van der Waals surface area contributed by atoms with Crippen LogP contribution in [-0.2, 0) is 11.3 Å². The molecule has 1 aromatic rings. The van der Waals surface area contributed by atoms with Gasteiger partial charge in [0, 0.05) is 38.0 Å². The molecule has 2 fully saturated rings. The summed E-state index contributed by atoms with van der Waals surface area (Å²) in [6, 6.07) is 7.07. The molecule has 25 heavy (non-hydrogen) atoms. The minimum absolute atomic E-state index is 0.0153. The second-order valence-electron chi connectivity index (χ2n) is 7.36. The number of aliphatic hydroxyl groups is 1. The van der Waals surface area contributed by atoms with Crippen molar-refractivity contribution in [1.29, 1.82) is 0 Å². The van der Waals surface area contributed by atoms with Gasteiger partial charge in [0.25, 0.3) is 0 Å². The first-order valence-corrected chi connectivity index (χ1v) is 8.95. The molecule has 2 N–H and O–H groups in total. The monoisotopic (exact) mass is 346 g/mol. The largest absolute Gasteiger partial charge is 0.478 e. The Hall–Kier alpha value is -1.92. The Bertz CT molecular complexity index is 631. The summed E-state index contributed by atoms with van der Waals surface area (Å²) in [4.78, 5) is 27.2. The van der Waals surface area contributed by atoms with Crippen LogP contribution in [-0.4, -0.2) is 64.7 Å². The summed E-state index contributed by atoms with van der Waals surface area (Å²) < 4.78 is 0. The predicted octanol–water partition coefficient (Wildman–Crippen LogP) is 1.58. The van der Waals surface area contributed by atoms with Gasteiger partial charge in [-0.2, -0.15) is 0 Å². The quantitative estimate of drug-likeness (QED) is 0.846. The Morgan fingerprint density at radius 3 is 2.60 bits per heavy atom. The minimum atomic E-state index is -0.903. The third kappa shape index (κ3) is 4.19. The molecule has 2 saturated heterocycles. The van der Waals surface area contributed by atoms with Crippen molar-refractivity contribution >= 4 is 11.9 Å². The Morgan fingerprint density at radius 2 is 1.92 bits per heavy atom. The maximum atomic E-state index is 12.0. The van der Waals surface area contributed by atoms with E-state index in [4.69, 9.17) is 5.11 Å². The number of carbonyl (C=O) groups excluding carboxylic acids is 1. The number of hydrogen-bond acceptors (Lipinski definition) is 4. The number of likely N-dealkylation sites (tertiary alicyclic amines) is 2. The van der Waals surface area contributed by atoms with Gasteiger partial charge in [0.2, 0.25) is 5.91 Å². The maximum absolute atomic E-state index is 12.0. The molecule has 1 aromatic carbocycles. The smallest absolute Gasteiger partial charge is 0.335 e. The molecule has 2 aliphatic heterocycles. The molecule has 3 rings (SSSR count). The Kier molecular flexibility index (Phi) is 5.39. The van der Waals surface area contributed by atoms with Crippen LogP contribution >= 0.6 is 0 Å². The average molecular weight is 346 g/mol. The third-order valence-electron chi connectivity index (χ3n) is 5.47. The topological polar surface area (TPSA) is 81.1 Å². The molecule has 2 heterocycles. The van der Waals surface area contributed by atoms with Crippen LogP contribution in [0.4, 0.5) is 0 Å². The molecule has 0 saturated carbocycles. The summed E-state index contributed by atoms with van der Waals surface area (Å²) in [6.07, 6.45) is 3.72. The lowest BCUT2D eigenvalue weighted by molar-refractivity contribution is -0.140. The normalized spacial score (nSPS) is 24.7. The molecule has 0 aromatic heterocycles. The van der Waals surface area contributed by atoms with Crippen LogP contribution in [0.2, 0.25) is 0 Å². The van der Waals surface area contributed by atoms with Crippen molar-refractivity contribution < 1.29 is 19.8 Å². The molecule has 1 spiro atoms. The first-order valence-electron chi connectivity index (χ1n) is 8.95. The van der Waals surface area contributed by atoms with E-state index in [-0.39, 0.29) is 17.9 Å². The number of carboxylic acids is 1. The molecule has 6 heteroatoms. The van der Waals surface area contributed by atoms with Crippen molar-refractivity contribution in [1.82, 2.24) is 9.80 Å². The van der Waals surface area contributed by atoms with E-state index in [1.54, 1.807) is 12.1 Å². The number of nitrogens with zero attached hydrogens (tertiary/aromatic N) is 2. The van der Waals surface area contributed by atoms with Gasteiger partial charge in [0.1, 0.15) is 0 Å². The van der Waals surface area contributed by atoms with E-state index >= 15 is 0 Å². The first kappa shape index (κ1) is 17.9. The Labute approximate surface area is 148 Å². The molecule has 2 aliphatic rings. The molecule has 1 atom stereocenters. The number of carbonyl (C=O) groups is 2. The van der Waals surface area contributed by atoms with Gasteiger partial charge >= 0.3 is 5.97 Å². The zero-order valence-electron chi connectivity index (χ0n) is 14.5. The minimum Gasteiger partial charge on any atom is -0.478 e. The number of amides is 1. The average Bonchev–Trinajstić information content (AvgIpc) is 2.59. The number of carboxylic acid groups (broad SMARTS) is 1. The van der Waals surface area contributed by atoms with E-state index in [9.17, 15) is 14.7 Å². The van der Waals surface area contributed by atoms with Gasteiger partial charge in [-0.3, -0.25) is 9.69 Å². The van der Waals surface area contributed by atoms with Gasteiger partial charge in [-0.15, -0.1) is 0 Å². The molecule has 136 valence electrons. The molecular weight excluding hydrogens is 320 g/mol. The van der Waals surface area contributed by atoms with Crippen molar-refractivity contribution in [2.45, 2.75) is 32.2 Å². The van der Waals surface area contributed by atoms with Gasteiger partial charge in [-0.05, 0) is 43.5 Å². The number of benzene rings is 1. The van der Waals surface area contributed by atoms with Crippen molar-refractivity contribution in [2.24, 2.45) is 5.41 Å². The standard InChI is InChI=1S/C19H26N2O4/c22-11-10-21-14-19(8-6-17(21)23)7-1-9-20(13-19)12-15-2-4-16(5-3-15)18(24)25/h2-5,22H,1,6-14H2,(H,24,25)/t19-/m0/s1. The van der Waals surface area contributed by atoms with Crippen molar-refractivity contribution in [3.05, 3.63) is 35.4 Å². The number of aromatic carboxylic acids is 1. The summed E-state index contributed by atoms with van der Waals surface area (Å²) in [7, 11) is 0. The van der Waals surface area contributed by atoms with Gasteiger partial charge in [-0.1, -0.05) is 12.1 Å². The van der Waals surface area contributed by atoms with Crippen LogP contribution in [0.25, 0.3) is 0 Å². The van der Waals surface area contributed by atoms with E-state index in [1.807, 2.05) is 17.0 Å². The van der Waals surface area contributed by atoms with E-state index < -0.39 is 5.97 Å². The number of rotatable bonds is 5. The Morgan fingerprint density at radius 1 is 1.16 bits per heavy atom. The lowest BCUT2D eigenvalue weighted by Crippen LogP contribution is -2.54. The van der Waals surface area contributed by atoms with E-state index in [1.165, 1.54) is 0 Å². The fraction of sp³-hybridized carbons (Fsp3) is 0.579. The van der Waals surface area contributed by atoms with Crippen LogP contribution in [0.3, 0.4) is 0 Å². The molecule has 0 aliphatic carbocycles. The molecule has 6 nitrogen and oxygen atoms in total. The zero-order chi connectivity index (χ0) is 17.9. The molecule has 0 unspecified atom stereocenters. The lowest BCUT2D eigenvalue weighted by Gasteiger charge is -2.48. The third-order valence-corrected chi connectivity index (χ3v) is 5.47. The molecule has 0 bridgehead atoms. The number of piperidine rings is 2. The number of hydrogen-bond donors (Lipinski definition) is 2. The van der Waals surface area contributed by atoms with Crippen LogP contribution in [0.15, 0.2) is 24.3 Å². The first-order chi connectivity index (χ1) is 12.0. The highest BCUT2D eigenvalue weighted by molar-refractivity contribution is 5.87. The summed E-state index contributed by atoms with van der Waals surface area (Å²) >= 11 is 0. The fourth-order valence-electron chi connectivity index (χ4n) is 4.22. The molecule has 0 radical (unpaired) electrons. The van der Waals surface area contributed by atoms with Gasteiger partial charge in [-0.25, -0.2) is 4.79 Å². The fourth-order valence-corrected chi connectivity index (χ4v) is 4.22. The molecule has 1 amide bonds. The van der Waals surface area contributed by atoms with Crippen molar-refractivity contribution in [2.75, 3.05) is 32.8 Å². The van der Waals surface area contributed by atoms with Gasteiger partial charge in [0.05, 0.1) is 12.2 Å². The number of aliphatic hydroxyl groups excluding tert-OH is 1. The second-order valence-corrected chi connectivity index (χ2v) is 7.36. The van der Waals surface area contributed by atoms with Crippen LogP contribution < -0.4 is 0 Å². The van der Waals surface area contributed by atoms with E-state index in [0.717, 1.165) is 51.0 Å². The highest BCUT2D eigenvalue weighted by Crippen LogP contribution is 2.39. The van der Waals surface area contributed by atoms with Crippen molar-refractivity contribution in [3.8, 4) is 0 Å². The summed E-state index contributed by atoms with van der Waals surface area (Å²) in [5, 5.41) is 18.2. The van der Waals surface area contributed by atoms with E-state index in [2.05, 4.69) is 4.90 Å².